The summed E-state index contributed by atoms with van der Waals surface area (Å²) in [7, 11) is -5.33. The highest BCUT2D eigenvalue weighted by Gasteiger charge is 2.53. The first-order valence-corrected chi connectivity index (χ1v) is 4.96. The third-order valence-corrected chi connectivity index (χ3v) is 1.82. The maximum Gasteiger partial charge on any atom is 0.590 e. The van der Waals surface area contributed by atoms with Gasteiger partial charge in [-0.15, -0.1) is 13.0 Å². The van der Waals surface area contributed by atoms with Crippen molar-refractivity contribution in [1.82, 2.24) is 0 Å². The molecule has 0 fully saturated rings. The van der Waals surface area contributed by atoms with Crippen LogP contribution >= 0.6 is 7.91 Å². The van der Waals surface area contributed by atoms with Crippen molar-refractivity contribution in [3.8, 4) is 0 Å². The fourth-order valence-corrected chi connectivity index (χ4v) is 0.917. The summed E-state index contributed by atoms with van der Waals surface area (Å²) in [5, 5.41) is 11.3. The highest BCUT2D eigenvalue weighted by Crippen LogP contribution is 2.50. The molecule has 0 bridgehead atoms. The molecule has 0 radical (unpaired) electrons. The van der Waals surface area contributed by atoms with Crippen molar-refractivity contribution in [3.05, 3.63) is 10.1 Å². The smallest absolute Gasteiger partial charge is 0.286 e. The normalized spacial score (nSPS) is 16.7. The SMILES string of the molecule is CCOP(=O)(F)O/N=C(\F)C(F)(F)[N+](=O)[O-]. The molecule has 0 aromatic heterocycles. The van der Waals surface area contributed by atoms with Gasteiger partial charge in [-0.05, 0) is 12.1 Å². The molecule has 0 saturated carbocycles. The number of nitrogens with zero attached hydrogens (tertiary/aromatic N) is 2. The lowest BCUT2D eigenvalue weighted by Gasteiger charge is -2.05. The number of nitro groups is 1. The summed E-state index contributed by atoms with van der Waals surface area (Å²) in [5.74, 6) is -2.95. The van der Waals surface area contributed by atoms with E-state index in [2.05, 4.69) is 9.15 Å². The van der Waals surface area contributed by atoms with E-state index in [0.717, 1.165) is 0 Å². The molecule has 12 heteroatoms. The predicted molar refractivity (Wildman–Crippen MR) is 41.9 cm³/mol. The lowest BCUT2D eigenvalue weighted by atomic mass is 10.6. The van der Waals surface area contributed by atoms with Gasteiger partial charge in [0.25, 0.3) is 0 Å². The molecule has 1 unspecified atom stereocenters. The molecule has 0 N–H and O–H groups in total. The van der Waals surface area contributed by atoms with E-state index in [-0.39, 0.29) is 0 Å². The van der Waals surface area contributed by atoms with Gasteiger partial charge in [-0.2, -0.15) is 4.39 Å². The zero-order valence-electron chi connectivity index (χ0n) is 7.60. The lowest BCUT2D eigenvalue weighted by molar-refractivity contribution is -0.618. The Labute approximate surface area is 85.8 Å². The Bertz CT molecular complexity index is 347. The van der Waals surface area contributed by atoms with E-state index >= 15 is 0 Å². The molecule has 94 valence electrons. The van der Waals surface area contributed by atoms with Gasteiger partial charge < -0.3 is 0 Å². The maximum atomic E-state index is 12.5. The molecule has 0 aliphatic heterocycles. The molecule has 0 aromatic carbocycles. The van der Waals surface area contributed by atoms with Gasteiger partial charge in [-0.3, -0.25) is 19.3 Å². The Balaban J connectivity index is 4.70. The van der Waals surface area contributed by atoms with Crippen molar-refractivity contribution in [3.63, 3.8) is 0 Å². The van der Waals surface area contributed by atoms with E-state index < -0.39 is 31.4 Å². The number of rotatable bonds is 6. The molecule has 0 aliphatic rings. The van der Waals surface area contributed by atoms with Crippen LogP contribution in [-0.2, 0) is 13.7 Å². The van der Waals surface area contributed by atoms with Crippen molar-refractivity contribution < 1.29 is 36.0 Å². The second-order valence-corrected chi connectivity index (χ2v) is 3.39. The Morgan fingerprint density at radius 2 is 2.12 bits per heavy atom. The first kappa shape index (κ1) is 14.8. The molecule has 7 nitrogen and oxygen atoms in total. The lowest BCUT2D eigenvalue weighted by Crippen LogP contribution is -2.34. The standard InChI is InChI=1S/C4H5F4N2O5P/c1-2-14-16(8,13)15-9-3(5)4(6,7)10(11)12/h2H2,1H3/b9-3-. The highest BCUT2D eigenvalue weighted by atomic mass is 31.2. The number of alkyl halides is 2. The van der Waals surface area contributed by atoms with E-state index in [1.807, 2.05) is 0 Å². The first-order valence-electron chi connectivity index (χ1n) is 3.52. The third-order valence-electron chi connectivity index (χ3n) is 0.979. The molecule has 0 heterocycles. The summed E-state index contributed by atoms with van der Waals surface area (Å²) in [5.41, 5.74) is 0. The van der Waals surface area contributed by atoms with Crippen molar-refractivity contribution in [1.29, 1.82) is 0 Å². The average Bonchev–Trinajstić information content (AvgIpc) is 2.13. The van der Waals surface area contributed by atoms with Gasteiger partial charge in [0, 0.05) is 0 Å². The Hall–Kier alpha value is -1.22. The van der Waals surface area contributed by atoms with Gasteiger partial charge >= 0.3 is 19.9 Å². The molecule has 0 spiro atoms. The van der Waals surface area contributed by atoms with Gasteiger partial charge in [0.05, 0.1) is 6.61 Å². The third kappa shape index (κ3) is 4.11. The van der Waals surface area contributed by atoms with E-state index in [1.54, 1.807) is 5.16 Å². The quantitative estimate of drug-likeness (QED) is 0.184. The zero-order chi connectivity index (χ0) is 13.0. The monoisotopic (exact) mass is 268 g/mol. The van der Waals surface area contributed by atoms with Gasteiger partial charge in [0.1, 0.15) is 4.92 Å². The summed E-state index contributed by atoms with van der Waals surface area (Å²) in [6.07, 6.45) is 0. The molecular weight excluding hydrogens is 263 g/mol. The minimum absolute atomic E-state index is 0.462. The molecule has 0 rings (SSSR count). The molecule has 0 aromatic rings. The topological polar surface area (TPSA) is 91.0 Å². The molecule has 0 amide bonds. The second kappa shape index (κ2) is 5.21. The van der Waals surface area contributed by atoms with E-state index in [4.69, 9.17) is 0 Å². The van der Waals surface area contributed by atoms with Crippen LogP contribution in [0, 0.1) is 10.1 Å². The first-order chi connectivity index (χ1) is 7.13. The number of halogens is 4. The van der Waals surface area contributed by atoms with Crippen molar-refractivity contribution in [2.45, 2.75) is 13.0 Å². The fraction of sp³-hybridized carbons (Fsp3) is 0.750. The Morgan fingerprint density at radius 1 is 1.62 bits per heavy atom. The molecule has 0 aliphatic carbocycles. The van der Waals surface area contributed by atoms with Crippen LogP contribution in [0.3, 0.4) is 0 Å². The summed E-state index contributed by atoms with van der Waals surface area (Å²) in [6.45, 7) is 0.720. The van der Waals surface area contributed by atoms with Crippen molar-refractivity contribution in [2.24, 2.45) is 5.16 Å². The van der Waals surface area contributed by atoms with Crippen LogP contribution < -0.4 is 0 Å². The van der Waals surface area contributed by atoms with Gasteiger partial charge in [0.2, 0.25) is 0 Å². The Morgan fingerprint density at radius 3 is 2.50 bits per heavy atom. The Kier molecular flexibility index (Phi) is 4.81. The number of hydrogen-bond donors (Lipinski definition) is 0. The van der Waals surface area contributed by atoms with Crippen LogP contribution in [0.1, 0.15) is 6.92 Å². The second-order valence-electron chi connectivity index (χ2n) is 2.11. The van der Waals surface area contributed by atoms with Crippen LogP contribution in [0.25, 0.3) is 0 Å². The number of oxime groups is 1. The van der Waals surface area contributed by atoms with Gasteiger partial charge in [-0.25, -0.2) is 4.57 Å². The molecular formula is C4H5F4N2O5P. The van der Waals surface area contributed by atoms with E-state index in [9.17, 15) is 32.0 Å². The fourth-order valence-electron chi connectivity index (χ4n) is 0.393. The minimum Gasteiger partial charge on any atom is -0.286 e. The van der Waals surface area contributed by atoms with Gasteiger partial charge in [0.15, 0.2) is 0 Å². The average molecular weight is 268 g/mol. The van der Waals surface area contributed by atoms with Crippen LogP contribution in [0.5, 0.6) is 0 Å². The largest absolute Gasteiger partial charge is 0.590 e. The van der Waals surface area contributed by atoms with Crippen molar-refractivity contribution in [2.75, 3.05) is 6.61 Å². The zero-order valence-corrected chi connectivity index (χ0v) is 8.50. The summed E-state index contributed by atoms with van der Waals surface area (Å²) < 4.78 is 66.4. The van der Waals surface area contributed by atoms with Crippen LogP contribution in [0.4, 0.5) is 17.4 Å². The minimum atomic E-state index is -5.33. The predicted octanol–water partition coefficient (Wildman–Crippen LogP) is 2.27. The van der Waals surface area contributed by atoms with Crippen LogP contribution in [-0.4, -0.2) is 23.5 Å². The maximum absolute atomic E-state index is 12.5. The van der Waals surface area contributed by atoms with E-state index in [1.165, 1.54) is 6.92 Å². The highest BCUT2D eigenvalue weighted by molar-refractivity contribution is 7.48. The molecule has 16 heavy (non-hydrogen) atoms. The number of hydrogen-bond acceptors (Lipinski definition) is 6. The van der Waals surface area contributed by atoms with Gasteiger partial charge in [-0.1, -0.05) is 0 Å². The van der Waals surface area contributed by atoms with Crippen LogP contribution in [0.2, 0.25) is 0 Å². The summed E-state index contributed by atoms with van der Waals surface area (Å²) >= 11 is 0. The van der Waals surface area contributed by atoms with E-state index in [0.29, 0.717) is 0 Å². The summed E-state index contributed by atoms with van der Waals surface area (Å²) in [6, 6.07) is -5.19. The van der Waals surface area contributed by atoms with Crippen LogP contribution in [0.15, 0.2) is 5.16 Å². The molecule has 0 saturated heterocycles. The van der Waals surface area contributed by atoms with Crippen molar-refractivity contribution >= 4 is 13.9 Å². The molecule has 1 atom stereocenters. The summed E-state index contributed by atoms with van der Waals surface area (Å²) in [4.78, 5) is 7.28.